The van der Waals surface area contributed by atoms with Crippen molar-refractivity contribution in [3.05, 3.63) is 45.5 Å². The molecule has 1 rings (SSSR count). The van der Waals surface area contributed by atoms with Crippen LogP contribution in [0.4, 0.5) is 0 Å². The average molecular weight is 234 g/mol. The van der Waals surface area contributed by atoms with E-state index in [4.69, 9.17) is 9.15 Å². The number of hydrogen-bond acceptors (Lipinski definition) is 3. The molecule has 0 amide bonds. The number of methoxy groups -OCH3 is 1. The third-order valence-electron chi connectivity index (χ3n) is 2.65. The van der Waals surface area contributed by atoms with Crippen LogP contribution in [0.25, 0.3) is 5.57 Å². The Morgan fingerprint density at radius 1 is 1.41 bits per heavy atom. The monoisotopic (exact) mass is 234 g/mol. The SMILES string of the molecule is C/C=C(C)/C=C(\C)c1cc(OC)c(C)c(=O)o1. The van der Waals surface area contributed by atoms with E-state index in [2.05, 4.69) is 0 Å². The maximum absolute atomic E-state index is 11.6. The van der Waals surface area contributed by atoms with Crippen LogP contribution in [0.1, 0.15) is 32.1 Å². The van der Waals surface area contributed by atoms with Gasteiger partial charge in [-0.05, 0) is 33.3 Å². The van der Waals surface area contributed by atoms with Gasteiger partial charge in [-0.3, -0.25) is 0 Å². The van der Waals surface area contributed by atoms with E-state index in [0.29, 0.717) is 17.1 Å². The summed E-state index contributed by atoms with van der Waals surface area (Å²) in [7, 11) is 1.54. The molecule has 0 spiro atoms. The van der Waals surface area contributed by atoms with Gasteiger partial charge in [0.15, 0.2) is 0 Å². The summed E-state index contributed by atoms with van der Waals surface area (Å²) in [5, 5.41) is 0. The molecular formula is C14H18O3. The summed E-state index contributed by atoms with van der Waals surface area (Å²) in [4.78, 5) is 11.6. The van der Waals surface area contributed by atoms with Gasteiger partial charge in [0.25, 0.3) is 0 Å². The second-order valence-corrected chi connectivity index (χ2v) is 3.95. The number of allylic oxidation sites excluding steroid dienone is 4. The van der Waals surface area contributed by atoms with Crippen LogP contribution in [0.15, 0.2) is 33.0 Å². The van der Waals surface area contributed by atoms with Gasteiger partial charge in [-0.15, -0.1) is 0 Å². The molecular weight excluding hydrogens is 216 g/mol. The van der Waals surface area contributed by atoms with Crippen LogP contribution >= 0.6 is 0 Å². The molecule has 0 saturated carbocycles. The van der Waals surface area contributed by atoms with Crippen molar-refractivity contribution in [1.82, 2.24) is 0 Å². The lowest BCUT2D eigenvalue weighted by Crippen LogP contribution is -2.06. The van der Waals surface area contributed by atoms with Crippen molar-refractivity contribution in [2.45, 2.75) is 27.7 Å². The quantitative estimate of drug-likeness (QED) is 0.753. The first-order chi connectivity index (χ1) is 7.99. The van der Waals surface area contributed by atoms with Crippen molar-refractivity contribution in [2.24, 2.45) is 0 Å². The Hall–Kier alpha value is -1.77. The van der Waals surface area contributed by atoms with Crippen LogP contribution in [0.5, 0.6) is 5.75 Å². The largest absolute Gasteiger partial charge is 0.496 e. The molecule has 1 aromatic rings. The van der Waals surface area contributed by atoms with Gasteiger partial charge in [-0.2, -0.15) is 0 Å². The Labute approximate surface area is 101 Å². The minimum absolute atomic E-state index is 0.356. The summed E-state index contributed by atoms with van der Waals surface area (Å²) in [5.74, 6) is 1.10. The van der Waals surface area contributed by atoms with Gasteiger partial charge in [-0.1, -0.05) is 17.7 Å². The summed E-state index contributed by atoms with van der Waals surface area (Å²) in [6.45, 7) is 7.54. The van der Waals surface area contributed by atoms with Crippen molar-refractivity contribution in [2.75, 3.05) is 7.11 Å². The fourth-order valence-electron chi connectivity index (χ4n) is 1.44. The maximum atomic E-state index is 11.6. The van der Waals surface area contributed by atoms with Gasteiger partial charge in [-0.25, -0.2) is 4.79 Å². The Balaban J connectivity index is 3.29. The van der Waals surface area contributed by atoms with E-state index in [1.165, 1.54) is 0 Å². The van der Waals surface area contributed by atoms with Gasteiger partial charge >= 0.3 is 5.63 Å². The average Bonchev–Trinajstić information content (AvgIpc) is 2.32. The summed E-state index contributed by atoms with van der Waals surface area (Å²) in [5.41, 5.74) is 2.15. The third-order valence-corrected chi connectivity index (χ3v) is 2.65. The molecule has 92 valence electrons. The van der Waals surface area contributed by atoms with Crippen molar-refractivity contribution in [1.29, 1.82) is 0 Å². The summed E-state index contributed by atoms with van der Waals surface area (Å²) >= 11 is 0. The molecule has 0 aliphatic rings. The first kappa shape index (κ1) is 13.3. The molecule has 0 aromatic carbocycles. The van der Waals surface area contributed by atoms with Crippen LogP contribution in [-0.4, -0.2) is 7.11 Å². The third kappa shape index (κ3) is 3.09. The minimum Gasteiger partial charge on any atom is -0.496 e. The highest BCUT2D eigenvalue weighted by Crippen LogP contribution is 2.21. The molecule has 0 fully saturated rings. The summed E-state index contributed by atoms with van der Waals surface area (Å²) < 4.78 is 10.4. The Morgan fingerprint density at radius 2 is 2.06 bits per heavy atom. The number of ether oxygens (including phenoxy) is 1. The fourth-order valence-corrected chi connectivity index (χ4v) is 1.44. The van der Waals surface area contributed by atoms with Crippen LogP contribution < -0.4 is 10.4 Å². The highest BCUT2D eigenvalue weighted by atomic mass is 16.5. The maximum Gasteiger partial charge on any atom is 0.342 e. The first-order valence-corrected chi connectivity index (χ1v) is 5.50. The summed E-state index contributed by atoms with van der Waals surface area (Å²) in [6.07, 6.45) is 3.96. The highest BCUT2D eigenvalue weighted by molar-refractivity contribution is 5.63. The Kier molecular flexibility index (Phi) is 4.32. The predicted octanol–water partition coefficient (Wildman–Crippen LogP) is 3.33. The topological polar surface area (TPSA) is 39.4 Å². The molecule has 3 nitrogen and oxygen atoms in total. The normalized spacial score (nSPS) is 12.8. The number of hydrogen-bond donors (Lipinski definition) is 0. The van der Waals surface area contributed by atoms with Gasteiger partial charge in [0, 0.05) is 6.07 Å². The molecule has 0 atom stereocenters. The zero-order valence-corrected chi connectivity index (χ0v) is 11.0. The Bertz CT molecular complexity index is 519. The standard InChI is InChI=1S/C14H18O3/c1-6-9(2)7-10(3)12-8-13(16-5)11(4)14(15)17-12/h6-8H,1-5H3/b9-6+,10-7+. The molecule has 0 bridgehead atoms. The minimum atomic E-state index is -0.356. The lowest BCUT2D eigenvalue weighted by Gasteiger charge is -2.06. The fraction of sp³-hybridized carbons (Fsp3) is 0.357. The highest BCUT2D eigenvalue weighted by Gasteiger charge is 2.09. The molecule has 1 heterocycles. The van der Waals surface area contributed by atoms with E-state index in [1.54, 1.807) is 20.1 Å². The van der Waals surface area contributed by atoms with Crippen molar-refractivity contribution in [3.63, 3.8) is 0 Å². The van der Waals surface area contributed by atoms with E-state index in [9.17, 15) is 4.79 Å². The van der Waals surface area contributed by atoms with Gasteiger partial charge in [0.05, 0.1) is 12.7 Å². The van der Waals surface area contributed by atoms with E-state index < -0.39 is 0 Å². The molecule has 17 heavy (non-hydrogen) atoms. The molecule has 0 aliphatic carbocycles. The Morgan fingerprint density at radius 3 is 2.59 bits per heavy atom. The molecule has 3 heteroatoms. The molecule has 0 radical (unpaired) electrons. The summed E-state index contributed by atoms with van der Waals surface area (Å²) in [6, 6.07) is 1.74. The van der Waals surface area contributed by atoms with E-state index in [0.717, 1.165) is 11.1 Å². The predicted molar refractivity (Wildman–Crippen MR) is 69.3 cm³/mol. The van der Waals surface area contributed by atoms with E-state index >= 15 is 0 Å². The molecule has 0 saturated heterocycles. The lowest BCUT2D eigenvalue weighted by atomic mass is 10.1. The molecule has 0 N–H and O–H groups in total. The lowest BCUT2D eigenvalue weighted by molar-refractivity contribution is 0.395. The van der Waals surface area contributed by atoms with Gasteiger partial charge in [0.2, 0.25) is 0 Å². The van der Waals surface area contributed by atoms with Crippen LogP contribution in [0.2, 0.25) is 0 Å². The second kappa shape index (κ2) is 5.53. The zero-order valence-electron chi connectivity index (χ0n) is 11.0. The smallest absolute Gasteiger partial charge is 0.342 e. The van der Waals surface area contributed by atoms with Crippen LogP contribution in [0.3, 0.4) is 0 Å². The first-order valence-electron chi connectivity index (χ1n) is 5.50. The zero-order chi connectivity index (χ0) is 13.0. The van der Waals surface area contributed by atoms with Crippen molar-refractivity contribution in [3.8, 4) is 5.75 Å². The van der Waals surface area contributed by atoms with Crippen molar-refractivity contribution >= 4 is 5.57 Å². The van der Waals surface area contributed by atoms with Gasteiger partial charge in [0.1, 0.15) is 11.5 Å². The molecule has 0 unspecified atom stereocenters. The van der Waals surface area contributed by atoms with Crippen LogP contribution in [0, 0.1) is 6.92 Å². The molecule has 0 aliphatic heterocycles. The van der Waals surface area contributed by atoms with Gasteiger partial charge < -0.3 is 9.15 Å². The van der Waals surface area contributed by atoms with Crippen molar-refractivity contribution < 1.29 is 9.15 Å². The van der Waals surface area contributed by atoms with E-state index in [-0.39, 0.29) is 5.63 Å². The van der Waals surface area contributed by atoms with E-state index in [1.807, 2.05) is 32.9 Å². The van der Waals surface area contributed by atoms with Crippen LogP contribution in [-0.2, 0) is 0 Å². The molecule has 1 aromatic heterocycles. The number of rotatable bonds is 3. The second-order valence-electron chi connectivity index (χ2n) is 3.95.